The molecule has 0 N–H and O–H groups in total. The van der Waals surface area contributed by atoms with Gasteiger partial charge >= 0.3 is 31.0 Å². The molecule has 0 aromatic heterocycles. The molecule has 0 aliphatic carbocycles. The van der Waals surface area contributed by atoms with E-state index in [2.05, 4.69) is 49.0 Å². The van der Waals surface area contributed by atoms with Crippen LogP contribution in [0.15, 0.2) is 0 Å². The van der Waals surface area contributed by atoms with E-state index in [1.165, 1.54) is 38.5 Å². The van der Waals surface area contributed by atoms with Crippen LogP contribution in [0.3, 0.4) is 0 Å². The minimum atomic E-state index is -1.05. The molecule has 4 nitrogen and oxygen atoms in total. The van der Waals surface area contributed by atoms with Crippen molar-refractivity contribution in [1.29, 1.82) is 0 Å². The van der Waals surface area contributed by atoms with Crippen molar-refractivity contribution in [2.75, 3.05) is 0 Å². The van der Waals surface area contributed by atoms with Crippen LogP contribution < -0.4 is 10.2 Å². The molecule has 0 aromatic rings. The van der Waals surface area contributed by atoms with Crippen LogP contribution in [0.25, 0.3) is 0 Å². The van der Waals surface area contributed by atoms with Crippen molar-refractivity contribution in [3.63, 3.8) is 0 Å². The van der Waals surface area contributed by atoms with Crippen molar-refractivity contribution in [1.82, 2.24) is 0 Å². The van der Waals surface area contributed by atoms with Gasteiger partial charge in [-0.25, -0.2) is 0 Å². The molecule has 0 amide bonds. The van der Waals surface area contributed by atoms with Crippen LogP contribution in [-0.2, 0) is 9.59 Å². The summed E-state index contributed by atoms with van der Waals surface area (Å²) in [6.07, 6.45) is 12.7. The van der Waals surface area contributed by atoms with Gasteiger partial charge in [0, 0.05) is 10.5 Å². The first-order valence-electron chi connectivity index (χ1n) is 10.1. The minimum absolute atomic E-state index is 0.230. The van der Waals surface area contributed by atoms with Crippen LogP contribution >= 0.6 is 25.3 Å². The summed E-state index contributed by atoms with van der Waals surface area (Å²) in [4.78, 5) is 25.1. The number of carboxylic acid groups (broad SMARTS) is 2. The average molecular weight is 527 g/mol. The van der Waals surface area contributed by atoms with E-state index in [4.69, 9.17) is 0 Å². The van der Waals surface area contributed by atoms with E-state index in [0.29, 0.717) is 12.8 Å². The zero-order chi connectivity index (χ0) is 21.5. The molecule has 0 aromatic carbocycles. The first kappa shape index (κ1) is 32.1. The van der Waals surface area contributed by atoms with Gasteiger partial charge in [0.05, 0.1) is 11.9 Å². The van der Waals surface area contributed by atoms with Gasteiger partial charge in [0.15, 0.2) is 0 Å². The molecule has 0 fully saturated rings. The molecule has 0 aliphatic rings. The van der Waals surface area contributed by atoms with Gasteiger partial charge in [0.1, 0.15) is 0 Å². The molecule has 0 saturated carbocycles. The van der Waals surface area contributed by atoms with Gasteiger partial charge < -0.3 is 19.8 Å². The molecule has 0 rings (SSSR count). The summed E-state index contributed by atoms with van der Waals surface area (Å²) >= 11 is 8.01. The molecule has 27 heavy (non-hydrogen) atoms. The molecule has 0 heterocycles. The van der Waals surface area contributed by atoms with Crippen LogP contribution in [0, 0.1) is 0 Å². The van der Waals surface area contributed by atoms with Crippen molar-refractivity contribution >= 4 is 58.3 Å². The summed E-state index contributed by atoms with van der Waals surface area (Å²) in [5.41, 5.74) is 0. The molecule has 0 spiro atoms. The Balaban J connectivity index is -0.000000372. The third kappa shape index (κ3) is 31.4. The van der Waals surface area contributed by atoms with Crippen LogP contribution in [-0.4, -0.2) is 43.6 Å². The summed E-state index contributed by atoms with van der Waals surface area (Å²) < 4.78 is 0. The van der Waals surface area contributed by atoms with Crippen molar-refractivity contribution in [3.8, 4) is 0 Å². The van der Waals surface area contributed by atoms with Gasteiger partial charge in [-0.3, -0.25) is 0 Å². The van der Waals surface area contributed by atoms with Crippen molar-refractivity contribution in [2.45, 2.75) is 111 Å². The molecule has 0 saturated heterocycles. The quantitative estimate of drug-likeness (QED) is 0.206. The van der Waals surface area contributed by atoms with E-state index >= 15 is 0 Å². The van der Waals surface area contributed by atoms with Crippen LogP contribution in [0.4, 0.5) is 0 Å². The molecule has 7 heteroatoms. The maximum absolute atomic E-state index is 10.2. The van der Waals surface area contributed by atoms with Crippen LogP contribution in [0.1, 0.15) is 90.9 Å². The molecule has 0 radical (unpaired) electrons. The molecular weight excluding hydrogens is 487 g/mol. The second kappa shape index (κ2) is 26.4. The van der Waals surface area contributed by atoms with E-state index in [1.807, 2.05) is 0 Å². The third-order valence-corrected chi connectivity index (χ3v) is 4.64. The number of rotatable bonds is 14. The van der Waals surface area contributed by atoms with E-state index in [1.54, 1.807) is 0 Å². The average Bonchev–Trinajstić information content (AvgIpc) is 2.62. The summed E-state index contributed by atoms with van der Waals surface area (Å²) in [6, 6.07) is 0. The fourth-order valence-electron chi connectivity index (χ4n) is 2.12. The van der Waals surface area contributed by atoms with Gasteiger partial charge in [-0.15, -0.1) is 0 Å². The fourth-order valence-corrected chi connectivity index (χ4v) is 2.48. The number of carboxylic acids is 2. The number of thiol groups is 2. The maximum atomic E-state index is 10.2. The molecule has 160 valence electrons. The summed E-state index contributed by atoms with van der Waals surface area (Å²) in [6.45, 7) is 4.31. The number of unbranched alkanes of at least 4 members (excludes halogenated alkanes) is 8. The second-order valence-electron chi connectivity index (χ2n) is 6.58. The van der Waals surface area contributed by atoms with E-state index in [-0.39, 0.29) is 21.1 Å². The number of aliphatic carboxylic acids is 2. The Kier molecular flexibility index (Phi) is 31.4. The zero-order valence-electron chi connectivity index (χ0n) is 17.7. The van der Waals surface area contributed by atoms with Gasteiger partial charge in [-0.2, -0.15) is 25.3 Å². The summed E-state index contributed by atoms with van der Waals surface area (Å²) in [7, 11) is 0. The Bertz CT molecular complexity index is 301. The van der Waals surface area contributed by atoms with Crippen LogP contribution in [0.5, 0.6) is 0 Å². The number of hydrogen-bond donors (Lipinski definition) is 2. The standard InChI is InChI=1S/2C9H18O2S.2CH3.Sn/c2*1-2-3-4-5-6-7-8(12)9(10)11;;;/h2*8,12H,2-7H2,1H3,(H,10,11);2*1H3;/q;;;;+2/p-2. The monoisotopic (exact) mass is 528 g/mol. The predicted molar refractivity (Wildman–Crippen MR) is 120 cm³/mol. The Morgan fingerprint density at radius 1 is 0.704 bits per heavy atom. The third-order valence-electron chi connectivity index (χ3n) is 3.71. The van der Waals surface area contributed by atoms with Gasteiger partial charge in [0.2, 0.25) is 0 Å². The fraction of sp³-hybridized carbons (Fsp3) is 0.900. The van der Waals surface area contributed by atoms with Crippen molar-refractivity contribution in [2.24, 2.45) is 0 Å². The zero-order valence-corrected chi connectivity index (χ0v) is 22.3. The SMILES string of the molecule is CCCCCCCC(S)C(=O)[O-].CCCCCCCC(S)C(=O)[O-].[CH3][Sn+2][CH3]. The van der Waals surface area contributed by atoms with Crippen molar-refractivity contribution in [3.05, 3.63) is 0 Å². The predicted octanol–water partition coefficient (Wildman–Crippen LogP) is 3.58. The number of hydrogen-bond acceptors (Lipinski definition) is 6. The van der Waals surface area contributed by atoms with Gasteiger partial charge in [-0.1, -0.05) is 78.1 Å². The van der Waals surface area contributed by atoms with E-state index in [9.17, 15) is 19.8 Å². The van der Waals surface area contributed by atoms with Crippen molar-refractivity contribution < 1.29 is 19.8 Å². The topological polar surface area (TPSA) is 80.3 Å². The number of carbonyl (C=O) groups is 2. The molecule has 2 atom stereocenters. The van der Waals surface area contributed by atoms with Crippen LogP contribution in [0.2, 0.25) is 9.88 Å². The number of carbonyl (C=O) groups excluding carboxylic acids is 2. The van der Waals surface area contributed by atoms with E-state index < -0.39 is 22.4 Å². The molecule has 0 bridgehead atoms. The summed E-state index contributed by atoms with van der Waals surface area (Å²) in [5.74, 6) is -2.09. The first-order chi connectivity index (χ1) is 12.8. The van der Waals surface area contributed by atoms with Gasteiger partial charge in [-0.05, 0) is 12.8 Å². The summed E-state index contributed by atoms with van der Waals surface area (Å²) in [5, 5.41) is 19.3. The Morgan fingerprint density at radius 2 is 0.963 bits per heavy atom. The Labute approximate surface area is 188 Å². The van der Waals surface area contributed by atoms with Gasteiger partial charge in [0.25, 0.3) is 0 Å². The second-order valence-corrected chi connectivity index (χ2v) is 10.7. The molecule has 2 unspecified atom stereocenters. The van der Waals surface area contributed by atoms with E-state index in [0.717, 1.165) is 25.7 Å². The Hall–Kier alpha value is 0.439. The molecule has 0 aliphatic heterocycles. The molecular formula is C20H40O4S2Sn. The Morgan fingerprint density at radius 3 is 1.19 bits per heavy atom. The normalized spacial score (nSPS) is 11.8. The first-order valence-corrected chi connectivity index (χ1v) is 16.9.